The fraction of sp³-hybridized carbons (Fsp3) is 0.154. The zero-order valence-corrected chi connectivity index (χ0v) is 19.7. The van der Waals surface area contributed by atoms with Crippen LogP contribution in [-0.4, -0.2) is 28.8 Å². The summed E-state index contributed by atoms with van der Waals surface area (Å²) < 4.78 is 10.6. The van der Waals surface area contributed by atoms with Crippen LogP contribution in [0.2, 0.25) is 0 Å². The number of carbonyl (C=O) groups excluding carboxylic acids is 3. The molecule has 35 heavy (non-hydrogen) atoms. The lowest BCUT2D eigenvalue weighted by molar-refractivity contribution is -0.147. The van der Waals surface area contributed by atoms with Gasteiger partial charge in [-0.05, 0) is 29.8 Å². The number of nitrogens with one attached hydrogen (secondary N) is 1. The second-order valence-electron chi connectivity index (χ2n) is 7.61. The lowest BCUT2D eigenvalue weighted by atomic mass is 10.1. The lowest BCUT2D eigenvalue weighted by Gasteiger charge is -2.18. The molecular weight excluding hydrogens is 466 g/mol. The number of aromatic nitrogens is 1. The molecule has 0 aliphatic heterocycles. The Morgan fingerprint density at radius 2 is 1.74 bits per heavy atom. The minimum atomic E-state index is -0.925. The van der Waals surface area contributed by atoms with Crippen LogP contribution in [-0.2, 0) is 27.4 Å². The molecule has 1 N–H and O–H groups in total. The number of ether oxygens (including phenoxy) is 1. The van der Waals surface area contributed by atoms with Crippen molar-refractivity contribution in [3.63, 3.8) is 0 Å². The van der Waals surface area contributed by atoms with E-state index in [1.807, 2.05) is 60.7 Å². The number of esters is 1. The lowest BCUT2D eigenvalue weighted by Crippen LogP contribution is -2.43. The summed E-state index contributed by atoms with van der Waals surface area (Å²) in [6, 6.07) is 20.7. The van der Waals surface area contributed by atoms with Gasteiger partial charge in [0.15, 0.2) is 10.9 Å². The van der Waals surface area contributed by atoms with E-state index < -0.39 is 17.9 Å². The van der Waals surface area contributed by atoms with E-state index in [-0.39, 0.29) is 24.7 Å². The van der Waals surface area contributed by atoms with Gasteiger partial charge in [-0.15, -0.1) is 11.3 Å². The second kappa shape index (κ2) is 11.3. The SMILES string of the molecule is CC(=O)N(c1ccccc1)c1nc(COC(=O)[C@H](Cc2ccccc2)NC(=O)c2ccco2)cs1. The largest absolute Gasteiger partial charge is 0.459 e. The van der Waals surface area contributed by atoms with E-state index in [0.717, 1.165) is 5.56 Å². The van der Waals surface area contributed by atoms with Crippen LogP contribution in [0.15, 0.2) is 88.9 Å². The highest BCUT2D eigenvalue weighted by Crippen LogP contribution is 2.29. The molecule has 0 aliphatic carbocycles. The molecule has 0 spiro atoms. The van der Waals surface area contributed by atoms with Crippen LogP contribution < -0.4 is 10.2 Å². The zero-order valence-electron chi connectivity index (χ0n) is 18.9. The molecule has 2 heterocycles. The Balaban J connectivity index is 1.45. The van der Waals surface area contributed by atoms with Crippen molar-refractivity contribution in [2.24, 2.45) is 0 Å². The van der Waals surface area contributed by atoms with E-state index in [1.165, 1.54) is 35.5 Å². The Morgan fingerprint density at radius 3 is 2.40 bits per heavy atom. The molecule has 178 valence electrons. The average molecular weight is 490 g/mol. The third kappa shape index (κ3) is 6.21. The van der Waals surface area contributed by atoms with Crippen molar-refractivity contribution in [2.75, 3.05) is 4.90 Å². The molecule has 8 nitrogen and oxygen atoms in total. The second-order valence-corrected chi connectivity index (χ2v) is 8.45. The van der Waals surface area contributed by atoms with Crippen molar-refractivity contribution in [1.29, 1.82) is 0 Å². The molecule has 4 rings (SSSR count). The van der Waals surface area contributed by atoms with E-state index in [4.69, 9.17) is 9.15 Å². The van der Waals surface area contributed by atoms with Gasteiger partial charge in [-0.1, -0.05) is 48.5 Å². The Hall–Kier alpha value is -4.24. The maximum absolute atomic E-state index is 12.9. The molecule has 9 heteroatoms. The Morgan fingerprint density at radius 1 is 1.03 bits per heavy atom. The minimum Gasteiger partial charge on any atom is -0.459 e. The highest BCUT2D eigenvalue weighted by Gasteiger charge is 2.25. The van der Waals surface area contributed by atoms with E-state index in [1.54, 1.807) is 11.4 Å². The van der Waals surface area contributed by atoms with Gasteiger partial charge in [0.1, 0.15) is 12.6 Å². The van der Waals surface area contributed by atoms with Crippen LogP contribution in [0, 0.1) is 0 Å². The van der Waals surface area contributed by atoms with Gasteiger partial charge in [0.05, 0.1) is 17.6 Å². The minimum absolute atomic E-state index is 0.0994. The maximum Gasteiger partial charge on any atom is 0.329 e. The smallest absolute Gasteiger partial charge is 0.329 e. The van der Waals surface area contributed by atoms with E-state index in [0.29, 0.717) is 16.5 Å². The van der Waals surface area contributed by atoms with Crippen LogP contribution in [0.3, 0.4) is 0 Å². The number of hydrogen-bond acceptors (Lipinski definition) is 7. The third-order valence-electron chi connectivity index (χ3n) is 5.04. The van der Waals surface area contributed by atoms with Crippen LogP contribution in [0.5, 0.6) is 0 Å². The Bertz CT molecular complexity index is 1270. The molecule has 2 aromatic carbocycles. The number of benzene rings is 2. The highest BCUT2D eigenvalue weighted by atomic mass is 32.1. The summed E-state index contributed by atoms with van der Waals surface area (Å²) in [7, 11) is 0. The average Bonchev–Trinajstić information content (AvgIpc) is 3.56. The molecule has 0 radical (unpaired) electrons. The maximum atomic E-state index is 12.9. The topological polar surface area (TPSA) is 102 Å². The highest BCUT2D eigenvalue weighted by molar-refractivity contribution is 7.14. The van der Waals surface area contributed by atoms with E-state index in [9.17, 15) is 14.4 Å². The van der Waals surface area contributed by atoms with Crippen molar-refractivity contribution in [3.8, 4) is 0 Å². The molecule has 0 aliphatic rings. The summed E-state index contributed by atoms with van der Waals surface area (Å²) in [6.07, 6.45) is 1.64. The summed E-state index contributed by atoms with van der Waals surface area (Å²) in [5.74, 6) is -1.19. The van der Waals surface area contributed by atoms with Gasteiger partial charge in [0.2, 0.25) is 5.91 Å². The number of para-hydroxylation sites is 1. The Labute approximate surface area is 206 Å². The predicted molar refractivity (Wildman–Crippen MR) is 131 cm³/mol. The summed E-state index contributed by atoms with van der Waals surface area (Å²) in [5, 5.41) is 4.89. The van der Waals surface area contributed by atoms with Gasteiger partial charge in [-0.3, -0.25) is 14.5 Å². The zero-order chi connectivity index (χ0) is 24.6. The number of hydrogen-bond donors (Lipinski definition) is 1. The van der Waals surface area contributed by atoms with E-state index in [2.05, 4.69) is 10.3 Å². The van der Waals surface area contributed by atoms with Crippen molar-refractivity contribution < 1.29 is 23.5 Å². The third-order valence-corrected chi connectivity index (χ3v) is 5.91. The van der Waals surface area contributed by atoms with Gasteiger partial charge in [0.25, 0.3) is 5.91 Å². The van der Waals surface area contributed by atoms with E-state index >= 15 is 0 Å². The molecule has 0 bridgehead atoms. The normalized spacial score (nSPS) is 11.5. The van der Waals surface area contributed by atoms with Crippen molar-refractivity contribution in [2.45, 2.75) is 26.0 Å². The predicted octanol–water partition coefficient (Wildman–Crippen LogP) is 4.51. The van der Waals surface area contributed by atoms with Gasteiger partial charge >= 0.3 is 5.97 Å². The fourth-order valence-corrected chi connectivity index (χ4v) is 4.27. The molecule has 1 atom stereocenters. The van der Waals surface area contributed by atoms with Crippen LogP contribution in [0.4, 0.5) is 10.8 Å². The first-order valence-electron chi connectivity index (χ1n) is 10.9. The number of rotatable bonds is 9. The number of carbonyl (C=O) groups is 3. The number of amides is 2. The molecule has 0 fully saturated rings. The fourth-order valence-electron chi connectivity index (χ4n) is 3.40. The van der Waals surface area contributed by atoms with Crippen LogP contribution in [0.25, 0.3) is 0 Å². The van der Waals surface area contributed by atoms with Gasteiger partial charge in [-0.25, -0.2) is 9.78 Å². The first-order chi connectivity index (χ1) is 17.0. The molecule has 0 saturated heterocycles. The summed E-state index contributed by atoms with van der Waals surface area (Å²) >= 11 is 1.27. The molecule has 0 unspecified atom stereocenters. The molecule has 0 saturated carbocycles. The van der Waals surface area contributed by atoms with Gasteiger partial charge in [-0.2, -0.15) is 0 Å². The molecule has 2 aromatic heterocycles. The Kier molecular flexibility index (Phi) is 7.69. The summed E-state index contributed by atoms with van der Waals surface area (Å²) in [6.45, 7) is 1.36. The number of furan rings is 1. The van der Waals surface area contributed by atoms with Crippen molar-refractivity contribution >= 4 is 39.9 Å². The monoisotopic (exact) mass is 489 g/mol. The quantitative estimate of drug-likeness (QED) is 0.347. The molecule has 2 amide bonds. The first kappa shape index (κ1) is 23.9. The summed E-state index contributed by atoms with van der Waals surface area (Å²) in [5.41, 5.74) is 2.06. The van der Waals surface area contributed by atoms with Crippen molar-refractivity contribution in [1.82, 2.24) is 10.3 Å². The number of thiazole rings is 1. The van der Waals surface area contributed by atoms with Crippen LogP contribution in [0.1, 0.15) is 28.7 Å². The standard InChI is InChI=1S/C26H23N3O5S/c1-18(30)29(21-11-6-3-7-12-21)26-27-20(17-35-26)16-34-25(32)22(15-19-9-4-2-5-10-19)28-24(31)23-13-8-14-33-23/h2-14,17,22H,15-16H2,1H3,(H,28,31)/t22-/m0/s1. The molecular formula is C26H23N3O5S. The molecule has 4 aromatic rings. The van der Waals surface area contributed by atoms with Crippen molar-refractivity contribution in [3.05, 3.63) is 101 Å². The summed E-state index contributed by atoms with van der Waals surface area (Å²) in [4.78, 5) is 43.7. The van der Waals surface area contributed by atoms with Gasteiger partial charge in [0, 0.05) is 18.7 Å². The first-order valence-corrected chi connectivity index (χ1v) is 11.7. The van der Waals surface area contributed by atoms with Gasteiger partial charge < -0.3 is 14.5 Å². The van der Waals surface area contributed by atoms with Crippen LogP contribution >= 0.6 is 11.3 Å². The number of nitrogens with zero attached hydrogens (tertiary/aromatic N) is 2. The number of anilines is 2.